The topological polar surface area (TPSA) is 29.5 Å². The van der Waals surface area contributed by atoms with Gasteiger partial charge in [-0.25, -0.2) is 0 Å². The first-order valence-electron chi connectivity index (χ1n) is 5.66. The molecule has 0 saturated carbocycles. The number of halogens is 4. The molecule has 106 valence electrons. The standard InChI is InChI=1S/C14H10Cl4O2/c15-10-4-9(6-19)14(13(18)5-10)20-7-8-1-2-11(16)12(17)3-8/h1-5,19H,6-7H2. The lowest BCUT2D eigenvalue weighted by molar-refractivity contribution is 0.259. The Hall–Kier alpha value is -0.640. The van der Waals surface area contributed by atoms with Gasteiger partial charge in [-0.05, 0) is 29.8 Å². The van der Waals surface area contributed by atoms with E-state index in [1.807, 2.05) is 0 Å². The molecule has 6 heteroatoms. The second-order valence-corrected chi connectivity index (χ2v) is 5.73. The largest absolute Gasteiger partial charge is 0.487 e. The fourth-order valence-corrected chi connectivity index (χ4v) is 2.59. The smallest absolute Gasteiger partial charge is 0.144 e. The second-order valence-electron chi connectivity index (χ2n) is 4.07. The van der Waals surface area contributed by atoms with E-state index in [0.29, 0.717) is 31.4 Å². The predicted molar refractivity (Wildman–Crippen MR) is 83.2 cm³/mol. The highest BCUT2D eigenvalue weighted by molar-refractivity contribution is 6.42. The van der Waals surface area contributed by atoms with Crippen molar-refractivity contribution in [3.8, 4) is 5.75 Å². The number of hydrogen-bond acceptors (Lipinski definition) is 2. The van der Waals surface area contributed by atoms with E-state index >= 15 is 0 Å². The first-order chi connectivity index (χ1) is 9.51. The van der Waals surface area contributed by atoms with Crippen molar-refractivity contribution in [3.63, 3.8) is 0 Å². The molecule has 1 N–H and O–H groups in total. The second kappa shape index (κ2) is 6.88. The molecule has 2 aromatic carbocycles. The number of aliphatic hydroxyl groups is 1. The van der Waals surface area contributed by atoms with Crippen LogP contribution in [0.15, 0.2) is 30.3 Å². The Morgan fingerprint density at radius 1 is 0.900 bits per heavy atom. The molecule has 2 rings (SSSR count). The van der Waals surface area contributed by atoms with Crippen molar-refractivity contribution in [1.29, 1.82) is 0 Å². The van der Waals surface area contributed by atoms with Crippen LogP contribution in [0.1, 0.15) is 11.1 Å². The number of rotatable bonds is 4. The van der Waals surface area contributed by atoms with Crippen LogP contribution in [0.5, 0.6) is 5.75 Å². The van der Waals surface area contributed by atoms with Crippen molar-refractivity contribution in [1.82, 2.24) is 0 Å². The van der Waals surface area contributed by atoms with Gasteiger partial charge in [-0.15, -0.1) is 0 Å². The Labute approximate surface area is 136 Å². The first-order valence-corrected chi connectivity index (χ1v) is 7.18. The average Bonchev–Trinajstić information content (AvgIpc) is 2.40. The van der Waals surface area contributed by atoms with E-state index in [0.717, 1.165) is 5.56 Å². The maximum Gasteiger partial charge on any atom is 0.144 e. The van der Waals surface area contributed by atoms with Gasteiger partial charge in [-0.2, -0.15) is 0 Å². The molecule has 0 unspecified atom stereocenters. The fourth-order valence-electron chi connectivity index (χ4n) is 1.68. The molecule has 0 aromatic heterocycles. The molecule has 0 bridgehead atoms. The van der Waals surface area contributed by atoms with Crippen LogP contribution in [0.2, 0.25) is 20.1 Å². The molecule has 20 heavy (non-hydrogen) atoms. The Kier molecular flexibility index (Phi) is 5.42. The maximum absolute atomic E-state index is 9.31. The molecule has 0 aliphatic carbocycles. The number of ether oxygens (including phenoxy) is 1. The lowest BCUT2D eigenvalue weighted by Crippen LogP contribution is -2.00. The Morgan fingerprint density at radius 3 is 2.30 bits per heavy atom. The molecular formula is C14H10Cl4O2. The Morgan fingerprint density at radius 2 is 1.65 bits per heavy atom. The average molecular weight is 352 g/mol. The van der Waals surface area contributed by atoms with Crippen LogP contribution in [-0.2, 0) is 13.2 Å². The first kappa shape index (κ1) is 15.7. The van der Waals surface area contributed by atoms with Gasteiger partial charge in [0.15, 0.2) is 0 Å². The van der Waals surface area contributed by atoms with Gasteiger partial charge in [0.2, 0.25) is 0 Å². The van der Waals surface area contributed by atoms with Gasteiger partial charge in [-0.1, -0.05) is 52.5 Å². The van der Waals surface area contributed by atoms with Crippen molar-refractivity contribution >= 4 is 46.4 Å². The van der Waals surface area contributed by atoms with Crippen molar-refractivity contribution in [2.75, 3.05) is 0 Å². The normalized spacial score (nSPS) is 10.7. The monoisotopic (exact) mass is 350 g/mol. The van der Waals surface area contributed by atoms with Crippen molar-refractivity contribution in [2.45, 2.75) is 13.2 Å². The van der Waals surface area contributed by atoms with Crippen LogP contribution in [0.3, 0.4) is 0 Å². The molecule has 2 nitrogen and oxygen atoms in total. The molecule has 0 atom stereocenters. The maximum atomic E-state index is 9.31. The van der Waals surface area contributed by atoms with Gasteiger partial charge in [-0.3, -0.25) is 0 Å². The van der Waals surface area contributed by atoms with E-state index in [1.165, 1.54) is 0 Å². The van der Waals surface area contributed by atoms with E-state index in [4.69, 9.17) is 51.1 Å². The number of hydrogen-bond donors (Lipinski definition) is 1. The highest BCUT2D eigenvalue weighted by Gasteiger charge is 2.11. The summed E-state index contributed by atoms with van der Waals surface area (Å²) in [5.41, 5.74) is 1.37. The van der Waals surface area contributed by atoms with Crippen LogP contribution in [0.4, 0.5) is 0 Å². The minimum Gasteiger partial charge on any atom is -0.487 e. The van der Waals surface area contributed by atoms with Gasteiger partial charge in [0.1, 0.15) is 12.4 Å². The van der Waals surface area contributed by atoms with Gasteiger partial charge in [0.25, 0.3) is 0 Å². The summed E-state index contributed by atoms with van der Waals surface area (Å²) < 4.78 is 5.64. The van der Waals surface area contributed by atoms with Crippen LogP contribution in [0, 0.1) is 0 Å². The quantitative estimate of drug-likeness (QED) is 0.802. The third kappa shape index (κ3) is 3.72. The van der Waals surface area contributed by atoms with Crippen molar-refractivity contribution in [3.05, 3.63) is 61.5 Å². The Balaban J connectivity index is 2.20. The highest BCUT2D eigenvalue weighted by atomic mass is 35.5. The summed E-state index contributed by atoms with van der Waals surface area (Å²) in [7, 11) is 0. The Bertz CT molecular complexity index is 629. The summed E-state index contributed by atoms with van der Waals surface area (Å²) in [6.07, 6.45) is 0. The van der Waals surface area contributed by atoms with Gasteiger partial charge in [0.05, 0.1) is 21.7 Å². The molecule has 0 fully saturated rings. The fraction of sp³-hybridized carbons (Fsp3) is 0.143. The van der Waals surface area contributed by atoms with Crippen LogP contribution < -0.4 is 4.74 Å². The molecule has 0 radical (unpaired) electrons. The van der Waals surface area contributed by atoms with E-state index in [1.54, 1.807) is 30.3 Å². The summed E-state index contributed by atoms with van der Waals surface area (Å²) in [6.45, 7) is 0.0439. The third-order valence-electron chi connectivity index (χ3n) is 2.62. The lowest BCUT2D eigenvalue weighted by atomic mass is 10.2. The SMILES string of the molecule is OCc1cc(Cl)cc(Cl)c1OCc1ccc(Cl)c(Cl)c1. The van der Waals surface area contributed by atoms with E-state index in [2.05, 4.69) is 0 Å². The molecule has 0 saturated heterocycles. The lowest BCUT2D eigenvalue weighted by Gasteiger charge is -2.13. The van der Waals surface area contributed by atoms with Gasteiger partial charge in [0, 0.05) is 10.6 Å². The summed E-state index contributed by atoms with van der Waals surface area (Å²) in [5.74, 6) is 0.407. The van der Waals surface area contributed by atoms with Gasteiger partial charge >= 0.3 is 0 Å². The molecule has 0 aliphatic rings. The van der Waals surface area contributed by atoms with E-state index < -0.39 is 0 Å². The van der Waals surface area contributed by atoms with Crippen LogP contribution in [0.25, 0.3) is 0 Å². The molecule has 0 aliphatic heterocycles. The van der Waals surface area contributed by atoms with Gasteiger partial charge < -0.3 is 9.84 Å². The number of benzene rings is 2. The van der Waals surface area contributed by atoms with Crippen molar-refractivity contribution < 1.29 is 9.84 Å². The zero-order valence-electron chi connectivity index (χ0n) is 10.2. The summed E-state index contributed by atoms with van der Waals surface area (Å²) in [4.78, 5) is 0. The summed E-state index contributed by atoms with van der Waals surface area (Å²) in [6, 6.07) is 8.38. The zero-order chi connectivity index (χ0) is 14.7. The van der Waals surface area contributed by atoms with Crippen molar-refractivity contribution in [2.24, 2.45) is 0 Å². The third-order valence-corrected chi connectivity index (χ3v) is 3.86. The molecule has 0 heterocycles. The minimum atomic E-state index is -0.211. The predicted octanol–water partition coefficient (Wildman–Crippen LogP) is 5.37. The molecular weight excluding hydrogens is 342 g/mol. The summed E-state index contributed by atoms with van der Waals surface area (Å²) >= 11 is 23.7. The zero-order valence-corrected chi connectivity index (χ0v) is 13.2. The minimum absolute atomic E-state index is 0.211. The summed E-state index contributed by atoms with van der Waals surface area (Å²) in [5, 5.41) is 11.0. The van der Waals surface area contributed by atoms with E-state index in [9.17, 15) is 5.11 Å². The molecule has 0 amide bonds. The molecule has 2 aromatic rings. The highest BCUT2D eigenvalue weighted by Crippen LogP contribution is 2.33. The van der Waals surface area contributed by atoms with Crippen LogP contribution >= 0.6 is 46.4 Å². The number of aliphatic hydroxyl groups excluding tert-OH is 1. The molecule has 0 spiro atoms. The van der Waals surface area contributed by atoms with E-state index in [-0.39, 0.29) is 13.2 Å². The van der Waals surface area contributed by atoms with Crippen LogP contribution in [-0.4, -0.2) is 5.11 Å².